The molecular formula is C14H13N3O. The molecule has 4 nitrogen and oxygen atoms in total. The van der Waals surface area contributed by atoms with Crippen molar-refractivity contribution in [3.63, 3.8) is 0 Å². The van der Waals surface area contributed by atoms with Crippen molar-refractivity contribution in [3.05, 3.63) is 53.7 Å². The number of pyridine rings is 1. The molecule has 1 amide bonds. The molecule has 0 bridgehead atoms. The highest BCUT2D eigenvalue weighted by molar-refractivity contribution is 6.01. The summed E-state index contributed by atoms with van der Waals surface area (Å²) in [6.07, 6.45) is 2.20. The summed E-state index contributed by atoms with van der Waals surface area (Å²) < 4.78 is 0. The minimum absolute atomic E-state index is 0.132. The number of carbonyl (C=O) groups excluding carboxylic acids is 1. The van der Waals surface area contributed by atoms with Gasteiger partial charge in [0.15, 0.2) is 0 Å². The molecule has 90 valence electrons. The zero-order chi connectivity index (χ0) is 12.5. The van der Waals surface area contributed by atoms with E-state index in [1.165, 1.54) is 0 Å². The summed E-state index contributed by atoms with van der Waals surface area (Å²) in [5.74, 6) is 0.625. The minimum atomic E-state index is 0.132. The van der Waals surface area contributed by atoms with Gasteiger partial charge in [-0.15, -0.1) is 0 Å². The molecule has 3 rings (SSSR count). The van der Waals surface area contributed by atoms with Gasteiger partial charge in [0.05, 0.1) is 13.0 Å². The number of hydrogen-bond donors (Lipinski definition) is 1. The van der Waals surface area contributed by atoms with E-state index < -0.39 is 0 Å². The van der Waals surface area contributed by atoms with E-state index in [0.29, 0.717) is 18.8 Å². The van der Waals surface area contributed by atoms with Crippen LogP contribution in [0.3, 0.4) is 0 Å². The van der Waals surface area contributed by atoms with Crippen LogP contribution in [0.2, 0.25) is 0 Å². The van der Waals surface area contributed by atoms with Crippen LogP contribution in [0.1, 0.15) is 11.1 Å². The van der Waals surface area contributed by atoms with Crippen LogP contribution in [0.25, 0.3) is 0 Å². The van der Waals surface area contributed by atoms with Gasteiger partial charge in [-0.25, -0.2) is 4.98 Å². The fourth-order valence-corrected chi connectivity index (χ4v) is 2.20. The summed E-state index contributed by atoms with van der Waals surface area (Å²) in [6, 6.07) is 11.5. The molecule has 0 saturated heterocycles. The maximum absolute atomic E-state index is 12.0. The number of nitrogen functional groups attached to an aromatic ring is 1. The summed E-state index contributed by atoms with van der Waals surface area (Å²) in [7, 11) is 0. The van der Waals surface area contributed by atoms with Crippen LogP contribution < -0.4 is 10.6 Å². The lowest BCUT2D eigenvalue weighted by Crippen LogP contribution is -2.26. The van der Waals surface area contributed by atoms with E-state index in [0.717, 1.165) is 16.8 Å². The Morgan fingerprint density at radius 3 is 2.83 bits per heavy atom. The molecular weight excluding hydrogens is 226 g/mol. The number of para-hydroxylation sites is 1. The molecule has 0 radical (unpaired) electrons. The molecule has 2 aromatic rings. The molecule has 2 N–H and O–H groups in total. The van der Waals surface area contributed by atoms with Crippen molar-refractivity contribution in [1.82, 2.24) is 4.98 Å². The van der Waals surface area contributed by atoms with Gasteiger partial charge in [0.1, 0.15) is 5.82 Å². The first kappa shape index (κ1) is 10.8. The van der Waals surface area contributed by atoms with E-state index in [9.17, 15) is 4.79 Å². The Kier molecular flexibility index (Phi) is 2.48. The van der Waals surface area contributed by atoms with E-state index in [4.69, 9.17) is 5.73 Å². The number of fused-ring (bicyclic) bond motifs is 1. The molecule has 1 aliphatic rings. The van der Waals surface area contributed by atoms with Crippen LogP contribution in [-0.2, 0) is 17.8 Å². The molecule has 1 aromatic heterocycles. The number of carbonyl (C=O) groups is 1. The Hall–Kier alpha value is -2.36. The van der Waals surface area contributed by atoms with Crippen molar-refractivity contribution >= 4 is 17.4 Å². The lowest BCUT2D eigenvalue weighted by Gasteiger charge is -2.17. The molecule has 4 heteroatoms. The second-order valence-electron chi connectivity index (χ2n) is 4.38. The number of aromatic nitrogens is 1. The normalized spacial score (nSPS) is 13.8. The zero-order valence-electron chi connectivity index (χ0n) is 9.84. The summed E-state index contributed by atoms with van der Waals surface area (Å²) >= 11 is 0. The van der Waals surface area contributed by atoms with Crippen LogP contribution in [0.4, 0.5) is 11.5 Å². The third kappa shape index (κ3) is 1.82. The number of amides is 1. The molecule has 0 saturated carbocycles. The van der Waals surface area contributed by atoms with E-state index in [2.05, 4.69) is 4.98 Å². The number of benzene rings is 1. The molecule has 0 unspecified atom stereocenters. The van der Waals surface area contributed by atoms with Gasteiger partial charge < -0.3 is 10.6 Å². The van der Waals surface area contributed by atoms with Gasteiger partial charge in [0, 0.05) is 11.9 Å². The zero-order valence-corrected chi connectivity index (χ0v) is 9.84. The van der Waals surface area contributed by atoms with Gasteiger partial charge in [-0.2, -0.15) is 0 Å². The molecule has 1 aromatic carbocycles. The molecule has 0 aliphatic carbocycles. The van der Waals surface area contributed by atoms with Gasteiger partial charge in [-0.1, -0.05) is 24.3 Å². The topological polar surface area (TPSA) is 59.2 Å². The fourth-order valence-electron chi connectivity index (χ4n) is 2.20. The SMILES string of the molecule is Nc1ccc(CN2C(=O)Cc3ccccc32)cn1. The summed E-state index contributed by atoms with van der Waals surface area (Å²) in [5, 5.41) is 0. The Morgan fingerprint density at radius 2 is 2.06 bits per heavy atom. The maximum Gasteiger partial charge on any atom is 0.231 e. The van der Waals surface area contributed by atoms with Gasteiger partial charge in [0.25, 0.3) is 0 Å². The second kappa shape index (κ2) is 4.14. The summed E-state index contributed by atoms with van der Waals surface area (Å²) in [5.41, 5.74) is 8.62. The Morgan fingerprint density at radius 1 is 1.22 bits per heavy atom. The van der Waals surface area contributed by atoms with Crippen molar-refractivity contribution in [1.29, 1.82) is 0 Å². The first-order valence-corrected chi connectivity index (χ1v) is 5.83. The Labute approximate surface area is 105 Å². The third-order valence-electron chi connectivity index (χ3n) is 3.11. The smallest absolute Gasteiger partial charge is 0.231 e. The number of nitrogens with zero attached hydrogens (tertiary/aromatic N) is 2. The molecule has 18 heavy (non-hydrogen) atoms. The van der Waals surface area contributed by atoms with E-state index in [1.54, 1.807) is 17.2 Å². The molecule has 0 atom stereocenters. The van der Waals surface area contributed by atoms with Crippen molar-refractivity contribution < 1.29 is 4.79 Å². The highest BCUT2D eigenvalue weighted by Gasteiger charge is 2.26. The number of rotatable bonds is 2. The maximum atomic E-state index is 12.0. The number of hydrogen-bond acceptors (Lipinski definition) is 3. The van der Waals surface area contributed by atoms with Gasteiger partial charge in [-0.3, -0.25) is 4.79 Å². The summed E-state index contributed by atoms with van der Waals surface area (Å²) in [6.45, 7) is 0.545. The number of anilines is 2. The summed E-state index contributed by atoms with van der Waals surface area (Å²) in [4.78, 5) is 17.8. The highest BCUT2D eigenvalue weighted by atomic mass is 16.2. The van der Waals surface area contributed by atoms with E-state index >= 15 is 0 Å². The predicted octanol–water partition coefficient (Wildman–Crippen LogP) is 1.75. The monoisotopic (exact) mass is 239 g/mol. The average molecular weight is 239 g/mol. The van der Waals surface area contributed by atoms with E-state index in [1.807, 2.05) is 30.3 Å². The standard InChI is InChI=1S/C14H13N3O/c15-13-6-5-10(8-16-13)9-17-12-4-2-1-3-11(12)7-14(17)18/h1-6,8H,7,9H2,(H2,15,16). The van der Waals surface area contributed by atoms with Crippen molar-refractivity contribution in [3.8, 4) is 0 Å². The number of nitrogens with two attached hydrogens (primary N) is 1. The first-order valence-electron chi connectivity index (χ1n) is 5.83. The highest BCUT2D eigenvalue weighted by Crippen LogP contribution is 2.29. The first-order chi connectivity index (χ1) is 8.74. The van der Waals surface area contributed by atoms with Crippen LogP contribution in [0, 0.1) is 0 Å². The van der Waals surface area contributed by atoms with E-state index in [-0.39, 0.29) is 5.91 Å². The van der Waals surface area contributed by atoms with Crippen LogP contribution >= 0.6 is 0 Å². The molecule has 0 spiro atoms. The molecule has 2 heterocycles. The van der Waals surface area contributed by atoms with Gasteiger partial charge >= 0.3 is 0 Å². The fraction of sp³-hybridized carbons (Fsp3) is 0.143. The van der Waals surface area contributed by atoms with Gasteiger partial charge in [0.2, 0.25) is 5.91 Å². The van der Waals surface area contributed by atoms with Crippen molar-refractivity contribution in [2.45, 2.75) is 13.0 Å². The van der Waals surface area contributed by atoms with Crippen LogP contribution in [-0.4, -0.2) is 10.9 Å². The molecule has 1 aliphatic heterocycles. The third-order valence-corrected chi connectivity index (χ3v) is 3.11. The predicted molar refractivity (Wildman–Crippen MR) is 70.0 cm³/mol. The van der Waals surface area contributed by atoms with Gasteiger partial charge in [-0.05, 0) is 23.3 Å². The Balaban J connectivity index is 1.89. The average Bonchev–Trinajstić information content (AvgIpc) is 2.69. The lowest BCUT2D eigenvalue weighted by atomic mass is 10.2. The second-order valence-corrected chi connectivity index (χ2v) is 4.38. The quantitative estimate of drug-likeness (QED) is 0.868. The molecule has 0 fully saturated rings. The largest absolute Gasteiger partial charge is 0.384 e. The van der Waals surface area contributed by atoms with Crippen molar-refractivity contribution in [2.75, 3.05) is 10.6 Å². The van der Waals surface area contributed by atoms with Crippen LogP contribution in [0.5, 0.6) is 0 Å². The van der Waals surface area contributed by atoms with Crippen molar-refractivity contribution in [2.24, 2.45) is 0 Å². The minimum Gasteiger partial charge on any atom is -0.384 e. The Bertz CT molecular complexity index is 592. The van der Waals surface area contributed by atoms with Crippen LogP contribution in [0.15, 0.2) is 42.6 Å². The lowest BCUT2D eigenvalue weighted by molar-refractivity contribution is -0.117.